The van der Waals surface area contributed by atoms with Gasteiger partial charge < -0.3 is 4.74 Å². The first kappa shape index (κ1) is 14.5. The molecular weight excluding hydrogens is 262 g/mol. The number of ether oxygens (including phenoxy) is 1. The van der Waals surface area contributed by atoms with Gasteiger partial charge in [0.05, 0.1) is 7.11 Å². The van der Waals surface area contributed by atoms with Crippen molar-refractivity contribution in [2.75, 3.05) is 7.11 Å². The molecule has 0 aliphatic rings. The Balaban J connectivity index is 2.35. The van der Waals surface area contributed by atoms with Crippen molar-refractivity contribution >= 4 is 11.9 Å². The number of methoxy groups -OCH3 is 1. The van der Waals surface area contributed by atoms with E-state index >= 15 is 0 Å². The summed E-state index contributed by atoms with van der Waals surface area (Å²) < 4.78 is 5.06. The van der Waals surface area contributed by atoms with Gasteiger partial charge in [0.2, 0.25) is 5.78 Å². The summed E-state index contributed by atoms with van der Waals surface area (Å²) in [4.78, 5) is 12.4. The van der Waals surface area contributed by atoms with Crippen LogP contribution in [0.1, 0.15) is 21.5 Å². The van der Waals surface area contributed by atoms with Gasteiger partial charge in [-0.05, 0) is 48.4 Å². The molecule has 0 aromatic heterocycles. The van der Waals surface area contributed by atoms with E-state index in [0.29, 0.717) is 11.3 Å². The van der Waals surface area contributed by atoms with E-state index in [0.717, 1.165) is 11.1 Å². The van der Waals surface area contributed by atoms with Crippen LogP contribution in [-0.4, -0.2) is 12.9 Å². The smallest absolute Gasteiger partial charge is 0.203 e. The first-order valence-corrected chi connectivity index (χ1v) is 6.52. The van der Waals surface area contributed by atoms with Gasteiger partial charge in [0, 0.05) is 5.56 Å². The van der Waals surface area contributed by atoms with E-state index in [1.54, 1.807) is 37.5 Å². The van der Waals surface area contributed by atoms with Gasteiger partial charge in [-0.2, -0.15) is 5.26 Å². The first-order chi connectivity index (χ1) is 10.2. The number of carbonyl (C=O) groups excluding carboxylic acids is 1. The Morgan fingerprint density at radius 2 is 1.81 bits per heavy atom. The van der Waals surface area contributed by atoms with E-state index in [1.165, 1.54) is 0 Å². The molecule has 0 bridgehead atoms. The molecule has 0 unspecified atom stereocenters. The Morgan fingerprint density at radius 3 is 2.38 bits per heavy atom. The molecule has 0 saturated heterocycles. The molecule has 3 heteroatoms. The van der Waals surface area contributed by atoms with E-state index in [2.05, 4.69) is 0 Å². The zero-order valence-corrected chi connectivity index (χ0v) is 12.0. The van der Waals surface area contributed by atoms with Crippen LogP contribution in [-0.2, 0) is 0 Å². The summed E-state index contributed by atoms with van der Waals surface area (Å²) in [5.41, 5.74) is 2.48. The fourth-order valence-electron chi connectivity index (χ4n) is 1.95. The molecule has 2 aromatic carbocycles. The summed E-state index contributed by atoms with van der Waals surface area (Å²) in [6, 6.07) is 16.3. The monoisotopic (exact) mass is 277 g/mol. The number of ketones is 1. The van der Waals surface area contributed by atoms with Crippen LogP contribution in [0.5, 0.6) is 5.75 Å². The number of hydrogen-bond donors (Lipinski definition) is 0. The zero-order valence-electron chi connectivity index (χ0n) is 12.0. The van der Waals surface area contributed by atoms with Crippen molar-refractivity contribution in [3.8, 4) is 11.8 Å². The van der Waals surface area contributed by atoms with Gasteiger partial charge in [-0.25, -0.2) is 0 Å². The van der Waals surface area contributed by atoms with E-state index in [-0.39, 0.29) is 11.4 Å². The summed E-state index contributed by atoms with van der Waals surface area (Å²) >= 11 is 0. The quantitative estimate of drug-likeness (QED) is 0.485. The average Bonchev–Trinajstić information content (AvgIpc) is 2.53. The minimum atomic E-state index is -0.289. The Kier molecular flexibility index (Phi) is 4.53. The highest BCUT2D eigenvalue weighted by atomic mass is 16.5. The maximum atomic E-state index is 12.4. The molecule has 0 spiro atoms. The number of rotatable bonds is 4. The van der Waals surface area contributed by atoms with Crippen LogP contribution in [0.3, 0.4) is 0 Å². The van der Waals surface area contributed by atoms with E-state index < -0.39 is 0 Å². The summed E-state index contributed by atoms with van der Waals surface area (Å²) in [5, 5.41) is 9.25. The molecule has 104 valence electrons. The van der Waals surface area contributed by atoms with Gasteiger partial charge in [-0.15, -0.1) is 0 Å². The second kappa shape index (κ2) is 6.53. The number of carbonyl (C=O) groups is 1. The number of Topliss-reactive ketones (excluding diaryl/α,β-unsaturated/α-hetero) is 1. The molecule has 3 nitrogen and oxygen atoms in total. The van der Waals surface area contributed by atoms with E-state index in [9.17, 15) is 10.1 Å². The number of aryl methyl sites for hydroxylation is 1. The molecule has 0 radical (unpaired) electrons. The van der Waals surface area contributed by atoms with Crippen molar-refractivity contribution in [3.05, 3.63) is 70.8 Å². The third-order valence-corrected chi connectivity index (χ3v) is 3.21. The Labute approximate surface area is 124 Å². The second-order valence-electron chi connectivity index (χ2n) is 4.58. The molecule has 0 N–H and O–H groups in total. The van der Waals surface area contributed by atoms with Crippen molar-refractivity contribution < 1.29 is 9.53 Å². The van der Waals surface area contributed by atoms with Crippen molar-refractivity contribution in [2.24, 2.45) is 0 Å². The molecule has 0 heterocycles. The number of allylic oxidation sites excluding steroid dienone is 1. The topological polar surface area (TPSA) is 50.1 Å². The predicted octanol–water partition coefficient (Wildman–Crippen LogP) is 3.79. The highest BCUT2D eigenvalue weighted by molar-refractivity contribution is 6.14. The molecule has 0 atom stereocenters. The Hall–Kier alpha value is -2.86. The lowest BCUT2D eigenvalue weighted by Gasteiger charge is -2.03. The molecule has 21 heavy (non-hydrogen) atoms. The maximum absolute atomic E-state index is 12.4. The van der Waals surface area contributed by atoms with Gasteiger partial charge >= 0.3 is 0 Å². The number of nitriles is 1. The van der Waals surface area contributed by atoms with Gasteiger partial charge in [0.25, 0.3) is 0 Å². The summed E-state index contributed by atoms with van der Waals surface area (Å²) in [6.45, 7) is 1.94. The molecule has 2 rings (SSSR count). The van der Waals surface area contributed by atoms with E-state index in [4.69, 9.17) is 4.74 Å². The third kappa shape index (κ3) is 3.37. The van der Waals surface area contributed by atoms with Crippen LogP contribution in [0, 0.1) is 18.3 Å². The summed E-state index contributed by atoms with van der Waals surface area (Å²) in [6.07, 6.45) is 1.63. The molecule has 0 saturated carbocycles. The Bertz CT molecular complexity index is 722. The second-order valence-corrected chi connectivity index (χ2v) is 4.58. The number of benzene rings is 2. The number of nitrogens with zero attached hydrogens (tertiary/aromatic N) is 1. The maximum Gasteiger partial charge on any atom is 0.203 e. The van der Waals surface area contributed by atoms with Crippen LogP contribution in [0.2, 0.25) is 0 Å². The van der Waals surface area contributed by atoms with Crippen molar-refractivity contribution in [3.63, 3.8) is 0 Å². The number of hydrogen-bond acceptors (Lipinski definition) is 3. The van der Waals surface area contributed by atoms with Crippen LogP contribution in [0.25, 0.3) is 6.08 Å². The van der Waals surface area contributed by atoms with Gasteiger partial charge in [-0.1, -0.05) is 24.3 Å². The molecular formula is C18H15NO2. The van der Waals surface area contributed by atoms with E-state index in [1.807, 2.05) is 37.3 Å². The molecule has 0 aliphatic heterocycles. The fraction of sp³-hybridized carbons (Fsp3) is 0.111. The Morgan fingerprint density at radius 1 is 1.14 bits per heavy atom. The van der Waals surface area contributed by atoms with Gasteiger partial charge in [-0.3, -0.25) is 4.79 Å². The highest BCUT2D eigenvalue weighted by Crippen LogP contribution is 2.17. The lowest BCUT2D eigenvalue weighted by molar-refractivity contribution is 0.104. The average molecular weight is 277 g/mol. The fourth-order valence-corrected chi connectivity index (χ4v) is 1.95. The highest BCUT2D eigenvalue weighted by Gasteiger charge is 2.12. The van der Waals surface area contributed by atoms with Gasteiger partial charge in [0.1, 0.15) is 17.4 Å². The lowest BCUT2D eigenvalue weighted by atomic mass is 10.00. The third-order valence-electron chi connectivity index (χ3n) is 3.21. The standard InChI is InChI=1S/C18H15NO2/c1-13-5-3-4-6-15(13)11-16(12-19)18(20)14-7-9-17(21-2)10-8-14/h3-11H,1-2H3. The largest absolute Gasteiger partial charge is 0.497 e. The predicted molar refractivity (Wildman–Crippen MR) is 82.1 cm³/mol. The van der Waals surface area contributed by atoms with Crippen LogP contribution in [0.15, 0.2) is 54.1 Å². The minimum absolute atomic E-state index is 0.120. The van der Waals surface area contributed by atoms with Gasteiger partial charge in [0.15, 0.2) is 0 Å². The summed E-state index contributed by atoms with van der Waals surface area (Å²) in [5.74, 6) is 0.386. The van der Waals surface area contributed by atoms with Crippen LogP contribution < -0.4 is 4.74 Å². The lowest BCUT2D eigenvalue weighted by Crippen LogP contribution is -2.02. The molecule has 0 aliphatic carbocycles. The SMILES string of the molecule is COc1ccc(C(=O)C(C#N)=Cc2ccccc2C)cc1. The normalized spacial score (nSPS) is 10.8. The molecule has 0 amide bonds. The minimum Gasteiger partial charge on any atom is -0.497 e. The van der Waals surface area contributed by atoms with Crippen molar-refractivity contribution in [1.29, 1.82) is 5.26 Å². The summed E-state index contributed by atoms with van der Waals surface area (Å²) in [7, 11) is 1.57. The zero-order chi connectivity index (χ0) is 15.2. The van der Waals surface area contributed by atoms with Crippen molar-refractivity contribution in [1.82, 2.24) is 0 Å². The molecule has 0 fully saturated rings. The molecule has 2 aromatic rings. The van der Waals surface area contributed by atoms with Crippen LogP contribution >= 0.6 is 0 Å². The van der Waals surface area contributed by atoms with Crippen LogP contribution in [0.4, 0.5) is 0 Å². The van der Waals surface area contributed by atoms with Crippen molar-refractivity contribution in [2.45, 2.75) is 6.92 Å². The first-order valence-electron chi connectivity index (χ1n) is 6.52.